The Morgan fingerprint density at radius 3 is 2.96 bits per heavy atom. The van der Waals surface area contributed by atoms with E-state index in [0.717, 1.165) is 44.7 Å². The van der Waals surface area contributed by atoms with E-state index in [1.807, 2.05) is 0 Å². The Labute approximate surface area is 142 Å². The maximum absolute atomic E-state index is 13.3. The third-order valence-electron chi connectivity index (χ3n) is 4.48. The van der Waals surface area contributed by atoms with Crippen LogP contribution in [0.15, 0.2) is 30.1 Å². The summed E-state index contributed by atoms with van der Waals surface area (Å²) >= 11 is 6.21. The number of hydrogen-bond donors (Lipinski definition) is 1. The lowest BCUT2D eigenvalue weighted by atomic mass is 10.1. The summed E-state index contributed by atoms with van der Waals surface area (Å²) in [6.45, 7) is 4.35. The Balaban J connectivity index is 1.79. The lowest BCUT2D eigenvalue weighted by Crippen LogP contribution is -2.50. The third-order valence-corrected chi connectivity index (χ3v) is 4.83. The van der Waals surface area contributed by atoms with Crippen molar-refractivity contribution in [2.75, 3.05) is 33.4 Å². The number of benzene rings is 1. The molecule has 2 aliphatic rings. The Kier molecular flexibility index (Phi) is 5.09. The highest BCUT2D eigenvalue weighted by molar-refractivity contribution is 6.31. The van der Waals surface area contributed by atoms with Crippen molar-refractivity contribution in [1.29, 1.82) is 0 Å². The molecule has 6 heteroatoms. The van der Waals surface area contributed by atoms with Crippen LogP contribution < -0.4 is 5.73 Å². The molecule has 126 valence electrons. The van der Waals surface area contributed by atoms with Crippen LogP contribution in [0, 0.1) is 5.82 Å². The average Bonchev–Trinajstić information content (AvgIpc) is 2.50. The fourth-order valence-electron chi connectivity index (χ4n) is 3.32. The van der Waals surface area contributed by atoms with Crippen molar-refractivity contribution in [2.24, 2.45) is 5.73 Å². The van der Waals surface area contributed by atoms with Gasteiger partial charge in [0, 0.05) is 37.2 Å². The van der Waals surface area contributed by atoms with Crippen molar-refractivity contribution in [3.8, 4) is 0 Å². The maximum Gasteiger partial charge on any atom is 0.124 e. The van der Waals surface area contributed by atoms with Crippen molar-refractivity contribution in [1.82, 2.24) is 14.7 Å². The van der Waals surface area contributed by atoms with Crippen LogP contribution in [0.3, 0.4) is 0 Å². The molecule has 2 N–H and O–H groups in total. The molecule has 1 atom stereocenters. The summed E-state index contributed by atoms with van der Waals surface area (Å²) in [5.41, 5.74) is 7.08. The second-order valence-electron chi connectivity index (χ2n) is 6.52. The van der Waals surface area contributed by atoms with Crippen LogP contribution in [0.2, 0.25) is 5.02 Å². The Morgan fingerprint density at radius 1 is 1.39 bits per heavy atom. The fourth-order valence-corrected chi connectivity index (χ4v) is 3.55. The number of nitrogens with two attached hydrogens (primary N) is 1. The summed E-state index contributed by atoms with van der Waals surface area (Å²) in [7, 11) is 2.09. The molecule has 1 aromatic rings. The van der Waals surface area contributed by atoms with Gasteiger partial charge in [-0.15, -0.1) is 0 Å². The molecule has 0 bridgehead atoms. The van der Waals surface area contributed by atoms with E-state index in [9.17, 15) is 4.39 Å². The molecule has 1 fully saturated rings. The standard InChI is InChI=1S/C17H24ClFN4/c1-21-8-6-17(22-7-2-3-15(20)11-22)23(12-21)10-13-4-5-14(19)9-16(13)18/h4-6,9,15H,2-3,7-8,10-12,20H2,1H3/t15-/m1/s1. The van der Waals surface area contributed by atoms with Crippen molar-refractivity contribution in [3.63, 3.8) is 0 Å². The zero-order chi connectivity index (χ0) is 16.4. The minimum absolute atomic E-state index is 0.237. The largest absolute Gasteiger partial charge is 0.357 e. The Morgan fingerprint density at radius 2 is 2.22 bits per heavy atom. The molecule has 2 aliphatic heterocycles. The molecule has 4 nitrogen and oxygen atoms in total. The first-order valence-electron chi connectivity index (χ1n) is 8.11. The van der Waals surface area contributed by atoms with Gasteiger partial charge in [-0.25, -0.2) is 4.39 Å². The van der Waals surface area contributed by atoms with Crippen LogP contribution in [0.25, 0.3) is 0 Å². The van der Waals surface area contributed by atoms with Gasteiger partial charge >= 0.3 is 0 Å². The van der Waals surface area contributed by atoms with Gasteiger partial charge in [0.15, 0.2) is 0 Å². The van der Waals surface area contributed by atoms with Gasteiger partial charge in [-0.2, -0.15) is 0 Å². The van der Waals surface area contributed by atoms with Crippen LogP contribution in [0.4, 0.5) is 4.39 Å². The van der Waals surface area contributed by atoms with E-state index in [0.29, 0.717) is 11.6 Å². The number of hydrogen-bond acceptors (Lipinski definition) is 4. The zero-order valence-electron chi connectivity index (χ0n) is 13.5. The molecule has 3 rings (SSSR count). The van der Waals surface area contributed by atoms with Crippen molar-refractivity contribution < 1.29 is 4.39 Å². The van der Waals surface area contributed by atoms with Gasteiger partial charge in [-0.05, 0) is 43.7 Å². The summed E-state index contributed by atoms with van der Waals surface area (Å²) in [6.07, 6.45) is 4.46. The monoisotopic (exact) mass is 338 g/mol. The summed E-state index contributed by atoms with van der Waals surface area (Å²) in [5.74, 6) is 0.922. The van der Waals surface area contributed by atoms with Crippen LogP contribution >= 0.6 is 11.6 Å². The number of likely N-dealkylation sites (tertiary alicyclic amines) is 1. The molecule has 23 heavy (non-hydrogen) atoms. The third kappa shape index (κ3) is 3.97. The topological polar surface area (TPSA) is 35.7 Å². The maximum atomic E-state index is 13.3. The molecule has 0 aliphatic carbocycles. The molecule has 1 saturated heterocycles. The van der Waals surface area contributed by atoms with E-state index in [4.69, 9.17) is 17.3 Å². The molecule has 0 saturated carbocycles. The lowest BCUT2D eigenvalue weighted by Gasteiger charge is -2.43. The first-order valence-corrected chi connectivity index (χ1v) is 8.49. The van der Waals surface area contributed by atoms with Gasteiger partial charge in [0.25, 0.3) is 0 Å². The van der Waals surface area contributed by atoms with Crippen molar-refractivity contribution >= 4 is 11.6 Å². The SMILES string of the molecule is CN1CC=C(N2CCC[C@@H](N)C2)N(Cc2ccc(F)cc2Cl)C1. The minimum atomic E-state index is -0.299. The smallest absolute Gasteiger partial charge is 0.124 e. The fraction of sp³-hybridized carbons (Fsp3) is 0.529. The van der Waals surface area contributed by atoms with Gasteiger partial charge in [0.2, 0.25) is 0 Å². The summed E-state index contributed by atoms with van der Waals surface area (Å²) in [6, 6.07) is 4.85. The van der Waals surface area contributed by atoms with Gasteiger partial charge in [0.1, 0.15) is 11.6 Å². The Bertz CT molecular complexity index is 592. The molecule has 0 radical (unpaired) electrons. The Hall–Kier alpha value is -1.30. The summed E-state index contributed by atoms with van der Waals surface area (Å²) in [4.78, 5) is 6.91. The molecule has 0 aromatic heterocycles. The van der Waals surface area contributed by atoms with Crippen LogP contribution in [0.5, 0.6) is 0 Å². The quantitative estimate of drug-likeness (QED) is 0.918. The van der Waals surface area contributed by atoms with Gasteiger partial charge in [-0.1, -0.05) is 17.7 Å². The first kappa shape index (κ1) is 16.6. The first-order chi connectivity index (χ1) is 11.0. The number of rotatable bonds is 3. The van der Waals surface area contributed by atoms with E-state index in [1.54, 1.807) is 6.07 Å². The number of likely N-dealkylation sites (N-methyl/N-ethyl adjacent to an activating group) is 1. The molecule has 0 spiro atoms. The van der Waals surface area contributed by atoms with E-state index < -0.39 is 0 Å². The summed E-state index contributed by atoms with van der Waals surface area (Å²) in [5, 5.41) is 0.480. The van der Waals surface area contributed by atoms with Crippen LogP contribution in [0.1, 0.15) is 18.4 Å². The predicted molar refractivity (Wildman–Crippen MR) is 91.3 cm³/mol. The van der Waals surface area contributed by atoms with E-state index in [1.165, 1.54) is 18.0 Å². The summed E-state index contributed by atoms with van der Waals surface area (Å²) < 4.78 is 13.3. The van der Waals surface area contributed by atoms with Gasteiger partial charge < -0.3 is 15.5 Å². The number of halogens is 2. The second kappa shape index (κ2) is 7.07. The average molecular weight is 339 g/mol. The lowest BCUT2D eigenvalue weighted by molar-refractivity contribution is 0.104. The molecule has 1 aromatic carbocycles. The van der Waals surface area contributed by atoms with E-state index >= 15 is 0 Å². The number of piperidine rings is 1. The highest BCUT2D eigenvalue weighted by atomic mass is 35.5. The molecule has 0 amide bonds. The molecular weight excluding hydrogens is 315 g/mol. The second-order valence-corrected chi connectivity index (χ2v) is 6.93. The van der Waals surface area contributed by atoms with Crippen LogP contribution in [-0.2, 0) is 6.54 Å². The van der Waals surface area contributed by atoms with Gasteiger partial charge in [-0.3, -0.25) is 4.90 Å². The molecule has 0 unspecified atom stereocenters. The van der Waals surface area contributed by atoms with Crippen LogP contribution in [-0.4, -0.2) is 54.1 Å². The van der Waals surface area contributed by atoms with E-state index in [2.05, 4.69) is 27.8 Å². The molecular formula is C17H24ClFN4. The zero-order valence-corrected chi connectivity index (χ0v) is 14.3. The molecule has 2 heterocycles. The highest BCUT2D eigenvalue weighted by Gasteiger charge is 2.26. The highest BCUT2D eigenvalue weighted by Crippen LogP contribution is 2.25. The number of nitrogens with zero attached hydrogens (tertiary/aromatic N) is 3. The van der Waals surface area contributed by atoms with Crippen molar-refractivity contribution in [3.05, 3.63) is 46.5 Å². The predicted octanol–water partition coefficient (Wildman–Crippen LogP) is 2.45. The van der Waals surface area contributed by atoms with Gasteiger partial charge in [0.05, 0.1) is 6.67 Å². The van der Waals surface area contributed by atoms with E-state index in [-0.39, 0.29) is 11.9 Å². The van der Waals surface area contributed by atoms with Crippen molar-refractivity contribution in [2.45, 2.75) is 25.4 Å². The normalized spacial score (nSPS) is 23.1. The minimum Gasteiger partial charge on any atom is -0.357 e.